The number of carbonyl (C=O) groups excluding carboxylic acids is 2. The lowest BCUT2D eigenvalue weighted by Crippen LogP contribution is -2.42. The summed E-state index contributed by atoms with van der Waals surface area (Å²) in [6.45, 7) is 8.09. The number of aromatic nitrogens is 2. The normalized spacial score (nSPS) is 22.1. The molecule has 3 heterocycles. The highest BCUT2D eigenvalue weighted by molar-refractivity contribution is 5.97. The highest BCUT2D eigenvalue weighted by atomic mass is 16.5. The second-order valence-corrected chi connectivity index (χ2v) is 6.27. The largest absolute Gasteiger partial charge is 0.379 e. The predicted molar refractivity (Wildman–Crippen MR) is 88.5 cm³/mol. The Morgan fingerprint density at radius 3 is 2.88 bits per heavy atom. The minimum absolute atomic E-state index is 0.0627. The minimum atomic E-state index is -0.285. The molecule has 0 saturated carbocycles. The summed E-state index contributed by atoms with van der Waals surface area (Å²) in [5.74, 6) is -0.326. The molecule has 24 heavy (non-hydrogen) atoms. The second kappa shape index (κ2) is 7.76. The van der Waals surface area contributed by atoms with Gasteiger partial charge >= 0.3 is 0 Å². The van der Waals surface area contributed by atoms with E-state index in [9.17, 15) is 9.59 Å². The van der Waals surface area contributed by atoms with Crippen molar-refractivity contribution < 1.29 is 14.3 Å². The van der Waals surface area contributed by atoms with Crippen LogP contribution in [-0.2, 0) is 20.9 Å². The molecule has 1 N–H and O–H groups in total. The van der Waals surface area contributed by atoms with Crippen molar-refractivity contribution >= 4 is 17.5 Å². The molecule has 2 fully saturated rings. The van der Waals surface area contributed by atoms with Crippen LogP contribution < -0.4 is 5.32 Å². The number of nitrogens with zero attached hydrogens (tertiary/aromatic N) is 4. The van der Waals surface area contributed by atoms with Crippen molar-refractivity contribution in [1.29, 1.82) is 0 Å². The van der Waals surface area contributed by atoms with Crippen molar-refractivity contribution in [1.82, 2.24) is 19.6 Å². The molecular weight excluding hydrogens is 310 g/mol. The van der Waals surface area contributed by atoms with Crippen LogP contribution in [0.2, 0.25) is 0 Å². The summed E-state index contributed by atoms with van der Waals surface area (Å²) < 4.78 is 7.08. The highest BCUT2D eigenvalue weighted by Crippen LogP contribution is 2.20. The third-order valence-corrected chi connectivity index (χ3v) is 4.60. The Labute approximate surface area is 141 Å². The van der Waals surface area contributed by atoms with Gasteiger partial charge in [-0.1, -0.05) is 0 Å². The summed E-state index contributed by atoms with van der Waals surface area (Å²) in [5.41, 5.74) is 0.682. The lowest BCUT2D eigenvalue weighted by atomic mass is 10.1. The number of aryl methyl sites for hydroxylation is 1. The molecule has 0 radical (unpaired) electrons. The highest BCUT2D eigenvalue weighted by Gasteiger charge is 2.34. The van der Waals surface area contributed by atoms with Crippen LogP contribution in [-0.4, -0.2) is 77.3 Å². The van der Waals surface area contributed by atoms with Crippen molar-refractivity contribution in [2.45, 2.75) is 19.9 Å². The molecule has 2 amide bonds. The standard InChI is InChI=1S/C16H25N5O3/c1-2-21-12-14(10-17-21)18-16(23)13-9-15(22)20(11-13)4-3-19-5-7-24-8-6-19/h10,12-13H,2-9,11H2,1H3,(H,18,23)/t13-/m0/s1. The first kappa shape index (κ1) is 16.9. The number of ether oxygens (including phenoxy) is 1. The molecule has 1 aromatic rings. The zero-order valence-corrected chi connectivity index (χ0v) is 14.1. The summed E-state index contributed by atoms with van der Waals surface area (Å²) in [6.07, 6.45) is 3.72. The molecule has 8 heteroatoms. The summed E-state index contributed by atoms with van der Waals surface area (Å²) in [5, 5.41) is 6.99. The third-order valence-electron chi connectivity index (χ3n) is 4.60. The Bertz CT molecular complexity index is 582. The van der Waals surface area contributed by atoms with E-state index in [2.05, 4.69) is 15.3 Å². The molecule has 1 aromatic heterocycles. The van der Waals surface area contributed by atoms with Crippen LogP contribution >= 0.6 is 0 Å². The molecule has 2 aliphatic heterocycles. The molecule has 0 aliphatic carbocycles. The molecular formula is C16H25N5O3. The number of hydrogen-bond acceptors (Lipinski definition) is 5. The lowest BCUT2D eigenvalue weighted by molar-refractivity contribution is -0.128. The first-order valence-electron chi connectivity index (χ1n) is 8.57. The van der Waals surface area contributed by atoms with Gasteiger partial charge in [0.1, 0.15) is 0 Å². The minimum Gasteiger partial charge on any atom is -0.379 e. The van der Waals surface area contributed by atoms with E-state index < -0.39 is 0 Å². The van der Waals surface area contributed by atoms with Crippen molar-refractivity contribution in [3.05, 3.63) is 12.4 Å². The van der Waals surface area contributed by atoms with Gasteiger partial charge < -0.3 is 15.0 Å². The Hall–Kier alpha value is -1.93. The summed E-state index contributed by atoms with van der Waals surface area (Å²) in [6, 6.07) is 0. The number of rotatable bonds is 6. The van der Waals surface area contributed by atoms with Crippen LogP contribution in [0.5, 0.6) is 0 Å². The summed E-state index contributed by atoms with van der Waals surface area (Å²) in [4.78, 5) is 28.6. The molecule has 0 unspecified atom stereocenters. The SMILES string of the molecule is CCn1cc(NC(=O)[C@H]2CC(=O)N(CCN3CCOCC3)C2)cn1. The number of hydrogen-bond donors (Lipinski definition) is 1. The fourth-order valence-corrected chi connectivity index (χ4v) is 3.10. The Balaban J connectivity index is 1.47. The van der Waals surface area contributed by atoms with E-state index in [1.54, 1.807) is 22.0 Å². The van der Waals surface area contributed by atoms with Gasteiger partial charge in [-0.3, -0.25) is 19.2 Å². The maximum absolute atomic E-state index is 12.4. The van der Waals surface area contributed by atoms with Gasteiger partial charge in [0, 0.05) is 51.9 Å². The number of amides is 2. The predicted octanol–water partition coefficient (Wildman–Crippen LogP) is 0.0222. The van der Waals surface area contributed by atoms with Crippen molar-refractivity contribution in [3.8, 4) is 0 Å². The molecule has 0 spiro atoms. The van der Waals surface area contributed by atoms with Gasteiger partial charge in [-0.15, -0.1) is 0 Å². The van der Waals surface area contributed by atoms with Gasteiger partial charge in [-0.2, -0.15) is 5.10 Å². The van der Waals surface area contributed by atoms with Crippen LogP contribution in [0.25, 0.3) is 0 Å². The van der Waals surface area contributed by atoms with Crippen LogP contribution in [0, 0.1) is 5.92 Å². The van der Waals surface area contributed by atoms with Crippen molar-refractivity contribution in [2.75, 3.05) is 51.3 Å². The molecule has 2 saturated heterocycles. The fourth-order valence-electron chi connectivity index (χ4n) is 3.10. The van der Waals surface area contributed by atoms with Gasteiger partial charge in [0.25, 0.3) is 0 Å². The average molecular weight is 335 g/mol. The van der Waals surface area contributed by atoms with E-state index in [1.807, 2.05) is 6.92 Å². The van der Waals surface area contributed by atoms with Gasteiger partial charge in [-0.05, 0) is 6.92 Å². The van der Waals surface area contributed by atoms with Crippen LogP contribution in [0.1, 0.15) is 13.3 Å². The lowest BCUT2D eigenvalue weighted by Gasteiger charge is -2.28. The van der Waals surface area contributed by atoms with Crippen molar-refractivity contribution in [2.24, 2.45) is 5.92 Å². The first-order chi connectivity index (χ1) is 11.7. The Kier molecular flexibility index (Phi) is 5.47. The molecule has 0 bridgehead atoms. The number of likely N-dealkylation sites (tertiary alicyclic amines) is 1. The number of morpholine rings is 1. The zero-order chi connectivity index (χ0) is 16.9. The monoisotopic (exact) mass is 335 g/mol. The molecule has 1 atom stereocenters. The summed E-state index contributed by atoms with van der Waals surface area (Å²) in [7, 11) is 0. The average Bonchev–Trinajstić information content (AvgIpc) is 3.20. The van der Waals surface area contributed by atoms with Gasteiger partial charge in [0.2, 0.25) is 11.8 Å². The third kappa shape index (κ3) is 4.12. The zero-order valence-electron chi connectivity index (χ0n) is 14.1. The number of anilines is 1. The molecule has 8 nitrogen and oxygen atoms in total. The molecule has 132 valence electrons. The Morgan fingerprint density at radius 1 is 1.38 bits per heavy atom. The van der Waals surface area contributed by atoms with Crippen LogP contribution in [0.4, 0.5) is 5.69 Å². The van der Waals surface area contributed by atoms with Crippen LogP contribution in [0.15, 0.2) is 12.4 Å². The van der Waals surface area contributed by atoms with Crippen LogP contribution in [0.3, 0.4) is 0 Å². The van der Waals surface area contributed by atoms with E-state index in [-0.39, 0.29) is 24.2 Å². The quantitative estimate of drug-likeness (QED) is 0.793. The van der Waals surface area contributed by atoms with Gasteiger partial charge in [0.15, 0.2) is 0 Å². The fraction of sp³-hybridized carbons (Fsp3) is 0.688. The maximum atomic E-state index is 12.4. The first-order valence-corrected chi connectivity index (χ1v) is 8.57. The number of carbonyl (C=O) groups is 2. The van der Waals surface area contributed by atoms with E-state index in [0.29, 0.717) is 18.8 Å². The maximum Gasteiger partial charge on any atom is 0.229 e. The van der Waals surface area contributed by atoms with E-state index in [1.165, 1.54) is 0 Å². The molecule has 3 rings (SSSR count). The van der Waals surface area contributed by atoms with E-state index in [0.717, 1.165) is 39.4 Å². The number of nitrogens with one attached hydrogen (secondary N) is 1. The smallest absolute Gasteiger partial charge is 0.229 e. The molecule has 0 aromatic carbocycles. The second-order valence-electron chi connectivity index (χ2n) is 6.27. The Morgan fingerprint density at radius 2 is 2.17 bits per heavy atom. The van der Waals surface area contributed by atoms with Gasteiger partial charge in [0.05, 0.1) is 31.0 Å². The van der Waals surface area contributed by atoms with E-state index in [4.69, 9.17) is 4.74 Å². The van der Waals surface area contributed by atoms with E-state index >= 15 is 0 Å². The van der Waals surface area contributed by atoms with Crippen molar-refractivity contribution in [3.63, 3.8) is 0 Å². The summed E-state index contributed by atoms with van der Waals surface area (Å²) >= 11 is 0. The molecule has 2 aliphatic rings. The van der Waals surface area contributed by atoms with Gasteiger partial charge in [-0.25, -0.2) is 0 Å². The topological polar surface area (TPSA) is 79.7 Å².